The summed E-state index contributed by atoms with van der Waals surface area (Å²) in [6.45, 7) is 2.18. The Hall–Kier alpha value is -1.97. The van der Waals surface area contributed by atoms with Crippen LogP contribution in [0.15, 0.2) is 12.2 Å². The molecule has 1 rings (SSSR count). The highest BCUT2D eigenvalue weighted by atomic mass is 16.5. The third-order valence-corrected chi connectivity index (χ3v) is 3.70. The number of carbonyl (C=O) groups excluding carboxylic acids is 3. The van der Waals surface area contributed by atoms with Gasteiger partial charge >= 0.3 is 11.9 Å². The zero-order valence-electron chi connectivity index (χ0n) is 14.9. The van der Waals surface area contributed by atoms with E-state index in [9.17, 15) is 14.4 Å². The quantitative estimate of drug-likeness (QED) is 0.396. The SMILES string of the molecule is COCCN(CCOC)C(=O)[C@H]1NCC[C@@H]1OC(=O)/C=C/C(=O)OC. The first-order valence-electron chi connectivity index (χ1n) is 8.00. The van der Waals surface area contributed by atoms with Gasteiger partial charge in [-0.2, -0.15) is 0 Å². The molecule has 1 heterocycles. The monoisotopic (exact) mass is 358 g/mol. The minimum absolute atomic E-state index is 0.179. The van der Waals surface area contributed by atoms with Crippen LogP contribution >= 0.6 is 0 Å². The number of nitrogens with one attached hydrogen (secondary N) is 1. The Morgan fingerprint density at radius 3 is 2.20 bits per heavy atom. The lowest BCUT2D eigenvalue weighted by Gasteiger charge is -2.27. The molecule has 0 spiro atoms. The second-order valence-electron chi connectivity index (χ2n) is 5.36. The summed E-state index contributed by atoms with van der Waals surface area (Å²) in [5, 5.41) is 3.06. The molecule has 142 valence electrons. The van der Waals surface area contributed by atoms with E-state index in [1.807, 2.05) is 0 Å². The van der Waals surface area contributed by atoms with Gasteiger partial charge in [-0.05, 0) is 13.0 Å². The van der Waals surface area contributed by atoms with Crippen molar-refractivity contribution in [3.63, 3.8) is 0 Å². The molecule has 0 aromatic heterocycles. The van der Waals surface area contributed by atoms with Gasteiger partial charge in [0.15, 0.2) is 0 Å². The van der Waals surface area contributed by atoms with E-state index in [2.05, 4.69) is 10.1 Å². The summed E-state index contributed by atoms with van der Waals surface area (Å²) >= 11 is 0. The topological polar surface area (TPSA) is 103 Å². The van der Waals surface area contributed by atoms with E-state index < -0.39 is 24.1 Å². The first-order valence-corrected chi connectivity index (χ1v) is 8.00. The van der Waals surface area contributed by atoms with Gasteiger partial charge in [-0.1, -0.05) is 0 Å². The molecule has 1 fully saturated rings. The molecule has 1 N–H and O–H groups in total. The highest BCUT2D eigenvalue weighted by Gasteiger charge is 2.37. The van der Waals surface area contributed by atoms with Crippen LogP contribution in [0, 0.1) is 0 Å². The molecule has 0 bridgehead atoms. The Morgan fingerprint density at radius 2 is 1.64 bits per heavy atom. The molecule has 2 atom stereocenters. The third kappa shape index (κ3) is 7.20. The van der Waals surface area contributed by atoms with Crippen LogP contribution in [0.2, 0.25) is 0 Å². The molecule has 0 aromatic carbocycles. The van der Waals surface area contributed by atoms with Gasteiger partial charge in [0.1, 0.15) is 12.1 Å². The normalized spacial score (nSPS) is 19.8. The molecule has 0 unspecified atom stereocenters. The van der Waals surface area contributed by atoms with Crippen molar-refractivity contribution in [2.45, 2.75) is 18.6 Å². The minimum atomic E-state index is -0.697. The Balaban J connectivity index is 2.66. The predicted molar refractivity (Wildman–Crippen MR) is 87.8 cm³/mol. The molecule has 25 heavy (non-hydrogen) atoms. The van der Waals surface area contributed by atoms with Gasteiger partial charge in [0, 0.05) is 39.5 Å². The number of methoxy groups -OCH3 is 3. The van der Waals surface area contributed by atoms with E-state index in [1.54, 1.807) is 19.1 Å². The second kappa shape index (κ2) is 11.6. The Bertz CT molecular complexity index is 473. The molecular formula is C16H26N2O7. The van der Waals surface area contributed by atoms with Gasteiger partial charge in [-0.25, -0.2) is 9.59 Å². The molecule has 0 saturated carbocycles. The lowest BCUT2D eigenvalue weighted by atomic mass is 10.1. The number of carbonyl (C=O) groups is 3. The maximum atomic E-state index is 12.7. The van der Waals surface area contributed by atoms with Crippen LogP contribution in [0.3, 0.4) is 0 Å². The van der Waals surface area contributed by atoms with Crippen molar-refractivity contribution in [1.29, 1.82) is 0 Å². The molecule has 1 saturated heterocycles. The summed E-state index contributed by atoms with van der Waals surface area (Å²) in [4.78, 5) is 37.1. The van der Waals surface area contributed by atoms with Crippen molar-refractivity contribution in [1.82, 2.24) is 10.2 Å². The van der Waals surface area contributed by atoms with Crippen LogP contribution in [0.5, 0.6) is 0 Å². The first-order chi connectivity index (χ1) is 12.0. The average Bonchev–Trinajstić information content (AvgIpc) is 3.07. The minimum Gasteiger partial charge on any atom is -0.466 e. The molecule has 9 nitrogen and oxygen atoms in total. The maximum Gasteiger partial charge on any atom is 0.331 e. The van der Waals surface area contributed by atoms with E-state index in [1.165, 1.54) is 7.11 Å². The smallest absolute Gasteiger partial charge is 0.331 e. The van der Waals surface area contributed by atoms with Gasteiger partial charge < -0.3 is 29.2 Å². The number of hydrogen-bond donors (Lipinski definition) is 1. The summed E-state index contributed by atoms with van der Waals surface area (Å²) in [6.07, 6.45) is 1.87. The maximum absolute atomic E-state index is 12.7. The average molecular weight is 358 g/mol. The molecular weight excluding hydrogens is 332 g/mol. The fraction of sp³-hybridized carbons (Fsp3) is 0.688. The first kappa shape index (κ1) is 21.1. The molecule has 1 aliphatic heterocycles. The molecule has 0 aromatic rings. The number of esters is 2. The van der Waals surface area contributed by atoms with Crippen LogP contribution in [0.4, 0.5) is 0 Å². The summed E-state index contributed by atoms with van der Waals surface area (Å²) < 4.78 is 19.8. The van der Waals surface area contributed by atoms with E-state index in [4.69, 9.17) is 14.2 Å². The Labute approximate surface area is 147 Å². The van der Waals surface area contributed by atoms with Crippen molar-refractivity contribution in [3.8, 4) is 0 Å². The summed E-state index contributed by atoms with van der Waals surface area (Å²) in [5.74, 6) is -1.53. The van der Waals surface area contributed by atoms with Gasteiger partial charge in [0.25, 0.3) is 0 Å². The predicted octanol–water partition coefficient (Wildman–Crippen LogP) is -0.889. The summed E-state index contributed by atoms with van der Waals surface area (Å²) in [6, 6.07) is -0.635. The van der Waals surface area contributed by atoms with Crippen molar-refractivity contribution in [2.75, 3.05) is 54.2 Å². The zero-order chi connectivity index (χ0) is 18.7. The van der Waals surface area contributed by atoms with E-state index in [0.717, 1.165) is 12.2 Å². The van der Waals surface area contributed by atoms with E-state index in [0.29, 0.717) is 39.3 Å². The van der Waals surface area contributed by atoms with Crippen LogP contribution in [0.25, 0.3) is 0 Å². The van der Waals surface area contributed by atoms with Gasteiger partial charge in [-0.3, -0.25) is 4.79 Å². The number of rotatable bonds is 10. The second-order valence-corrected chi connectivity index (χ2v) is 5.36. The van der Waals surface area contributed by atoms with Gasteiger partial charge in [-0.15, -0.1) is 0 Å². The summed E-state index contributed by atoms with van der Waals surface area (Å²) in [7, 11) is 4.33. The van der Waals surface area contributed by atoms with Crippen LogP contribution in [0.1, 0.15) is 6.42 Å². The van der Waals surface area contributed by atoms with Crippen LogP contribution in [-0.4, -0.2) is 89.1 Å². The molecule has 0 aliphatic carbocycles. The number of hydrogen-bond acceptors (Lipinski definition) is 8. The lowest BCUT2D eigenvalue weighted by molar-refractivity contribution is -0.148. The highest BCUT2D eigenvalue weighted by molar-refractivity contribution is 5.92. The fourth-order valence-corrected chi connectivity index (χ4v) is 2.38. The van der Waals surface area contributed by atoms with Gasteiger partial charge in [0.05, 0.1) is 20.3 Å². The third-order valence-electron chi connectivity index (χ3n) is 3.70. The Morgan fingerprint density at radius 1 is 1.04 bits per heavy atom. The number of nitrogens with zero attached hydrogens (tertiary/aromatic N) is 1. The van der Waals surface area contributed by atoms with Gasteiger partial charge in [0.2, 0.25) is 5.91 Å². The van der Waals surface area contributed by atoms with Crippen molar-refractivity contribution < 1.29 is 33.3 Å². The van der Waals surface area contributed by atoms with E-state index >= 15 is 0 Å². The largest absolute Gasteiger partial charge is 0.466 e. The lowest BCUT2D eigenvalue weighted by Crippen LogP contribution is -2.50. The zero-order valence-corrected chi connectivity index (χ0v) is 14.9. The fourth-order valence-electron chi connectivity index (χ4n) is 2.38. The van der Waals surface area contributed by atoms with Crippen molar-refractivity contribution in [3.05, 3.63) is 12.2 Å². The summed E-state index contributed by atoms with van der Waals surface area (Å²) in [5.41, 5.74) is 0. The standard InChI is InChI=1S/C16H26N2O7/c1-22-10-8-18(9-11-23-2)16(21)15-12(6-7-17-15)25-14(20)5-4-13(19)24-3/h4-5,12,15,17H,6-11H2,1-3H3/b5-4+/t12-,15-/m0/s1. The van der Waals surface area contributed by atoms with Crippen LogP contribution in [-0.2, 0) is 33.3 Å². The van der Waals surface area contributed by atoms with Crippen molar-refractivity contribution >= 4 is 17.8 Å². The number of amides is 1. The number of ether oxygens (including phenoxy) is 4. The van der Waals surface area contributed by atoms with Crippen LogP contribution < -0.4 is 5.32 Å². The van der Waals surface area contributed by atoms with E-state index in [-0.39, 0.29) is 5.91 Å². The molecule has 1 aliphatic rings. The molecule has 1 amide bonds. The highest BCUT2D eigenvalue weighted by Crippen LogP contribution is 2.15. The van der Waals surface area contributed by atoms with Crippen molar-refractivity contribution in [2.24, 2.45) is 0 Å². The molecule has 0 radical (unpaired) electrons. The molecule has 9 heteroatoms. The Kier molecular flexibility index (Phi) is 9.75.